The Morgan fingerprint density at radius 3 is 2.39 bits per heavy atom. The molecule has 1 unspecified atom stereocenters. The van der Waals surface area contributed by atoms with E-state index >= 15 is 0 Å². The Balaban J connectivity index is 1.73. The Morgan fingerprint density at radius 1 is 0.944 bits per heavy atom. The van der Waals surface area contributed by atoms with Crippen LogP contribution in [0.25, 0.3) is 11.0 Å². The average Bonchev–Trinajstić information content (AvgIpc) is 3.26. The van der Waals surface area contributed by atoms with Crippen LogP contribution in [0.2, 0.25) is 5.02 Å². The van der Waals surface area contributed by atoms with Crippen molar-refractivity contribution >= 4 is 40.1 Å². The van der Waals surface area contributed by atoms with Gasteiger partial charge >= 0.3 is 0 Å². The maximum Gasteiger partial charge on any atom is 0.291 e. The van der Waals surface area contributed by atoms with Crippen molar-refractivity contribution in [1.29, 1.82) is 0 Å². The van der Waals surface area contributed by atoms with E-state index in [1.807, 2.05) is 57.2 Å². The fourth-order valence-corrected chi connectivity index (χ4v) is 5.77. The van der Waals surface area contributed by atoms with Gasteiger partial charge in [0.1, 0.15) is 5.58 Å². The molecule has 2 aliphatic heterocycles. The third-order valence-corrected chi connectivity index (χ3v) is 7.82. The van der Waals surface area contributed by atoms with Crippen LogP contribution in [0.15, 0.2) is 69.9 Å². The summed E-state index contributed by atoms with van der Waals surface area (Å²) in [7, 11) is 0. The van der Waals surface area contributed by atoms with Crippen LogP contribution < -0.4 is 10.3 Å². The summed E-state index contributed by atoms with van der Waals surface area (Å²) in [5.74, 6) is -0.951. The first kappa shape index (κ1) is 22.6. The lowest BCUT2D eigenvalue weighted by atomic mass is 9.83. The number of carbonyl (C=O) groups is 2. The minimum Gasteiger partial charge on any atom is -0.450 e. The molecular formula is C29H23ClN2O4. The van der Waals surface area contributed by atoms with E-state index in [0.717, 1.165) is 11.1 Å². The predicted molar refractivity (Wildman–Crippen MR) is 139 cm³/mol. The molecule has 0 saturated carbocycles. The highest BCUT2D eigenvalue weighted by Crippen LogP contribution is 2.53. The molecule has 1 aromatic heterocycles. The van der Waals surface area contributed by atoms with Crippen molar-refractivity contribution in [2.24, 2.45) is 0 Å². The van der Waals surface area contributed by atoms with E-state index in [4.69, 9.17) is 16.0 Å². The van der Waals surface area contributed by atoms with Crippen molar-refractivity contribution in [1.82, 2.24) is 4.90 Å². The fraction of sp³-hybridized carbons (Fsp3) is 0.207. The fourth-order valence-electron chi connectivity index (χ4n) is 5.58. The molecule has 4 aromatic rings. The van der Waals surface area contributed by atoms with Gasteiger partial charge in [-0.2, -0.15) is 0 Å². The lowest BCUT2D eigenvalue weighted by molar-refractivity contribution is -0.126. The number of benzene rings is 3. The van der Waals surface area contributed by atoms with Gasteiger partial charge in [0.2, 0.25) is 5.76 Å². The number of hydrogen-bond donors (Lipinski definition) is 0. The van der Waals surface area contributed by atoms with Gasteiger partial charge in [0.15, 0.2) is 11.0 Å². The van der Waals surface area contributed by atoms with Crippen LogP contribution in [0.5, 0.6) is 0 Å². The van der Waals surface area contributed by atoms with Gasteiger partial charge in [-0.25, -0.2) is 0 Å². The Labute approximate surface area is 212 Å². The van der Waals surface area contributed by atoms with Crippen molar-refractivity contribution in [3.05, 3.63) is 109 Å². The van der Waals surface area contributed by atoms with Gasteiger partial charge in [-0.05, 0) is 61.7 Å². The average molecular weight is 499 g/mol. The normalized spacial score (nSPS) is 18.4. The van der Waals surface area contributed by atoms with Crippen LogP contribution in [-0.4, -0.2) is 23.3 Å². The minimum atomic E-state index is -1.65. The molecule has 6 rings (SSSR count). The van der Waals surface area contributed by atoms with Crippen LogP contribution in [0, 0.1) is 13.8 Å². The number of nitrogens with zero attached hydrogens (tertiary/aromatic N) is 2. The number of anilines is 1. The molecule has 0 bridgehead atoms. The number of para-hydroxylation sites is 1. The molecule has 7 heteroatoms. The lowest BCUT2D eigenvalue weighted by Crippen LogP contribution is -2.53. The standard InChI is InChI=1S/C29H23ClN2O4/c1-4-31-22-12-8-6-10-20(22)29(28(31)35)24-25(33)19-13-16(2)17(3)14-23(19)36-26(24)27(34)32(29)15-18-9-5-7-11-21(18)30/h5-14H,4,15H2,1-3H3. The summed E-state index contributed by atoms with van der Waals surface area (Å²) in [6.07, 6.45) is 0. The molecule has 0 saturated heterocycles. The minimum absolute atomic E-state index is 0.0359. The number of fused-ring (bicyclic) bond motifs is 5. The molecule has 0 N–H and O–H groups in total. The second-order valence-corrected chi connectivity index (χ2v) is 9.73. The van der Waals surface area contributed by atoms with Crippen LogP contribution in [-0.2, 0) is 16.9 Å². The maximum absolute atomic E-state index is 14.3. The molecule has 3 heterocycles. The van der Waals surface area contributed by atoms with E-state index in [1.54, 1.807) is 29.2 Å². The summed E-state index contributed by atoms with van der Waals surface area (Å²) in [5, 5.41) is 0.821. The molecule has 36 heavy (non-hydrogen) atoms. The predicted octanol–water partition coefficient (Wildman–Crippen LogP) is 5.33. The summed E-state index contributed by atoms with van der Waals surface area (Å²) in [5.41, 5.74) is 2.19. The Morgan fingerprint density at radius 2 is 1.64 bits per heavy atom. The number of amides is 2. The number of likely N-dealkylation sites (N-methyl/N-ethyl adjacent to an activating group) is 1. The molecule has 0 fully saturated rings. The van der Waals surface area contributed by atoms with E-state index in [1.165, 1.54) is 4.90 Å². The number of hydrogen-bond acceptors (Lipinski definition) is 4. The maximum atomic E-state index is 14.3. The van der Waals surface area contributed by atoms with Crippen molar-refractivity contribution in [2.75, 3.05) is 11.4 Å². The molecule has 180 valence electrons. The van der Waals surface area contributed by atoms with Gasteiger partial charge in [0.25, 0.3) is 11.8 Å². The van der Waals surface area contributed by atoms with E-state index in [-0.39, 0.29) is 29.2 Å². The molecule has 3 aromatic carbocycles. The van der Waals surface area contributed by atoms with Crippen LogP contribution in [0.4, 0.5) is 5.69 Å². The topological polar surface area (TPSA) is 70.8 Å². The summed E-state index contributed by atoms with van der Waals surface area (Å²) >= 11 is 6.48. The van der Waals surface area contributed by atoms with Crippen molar-refractivity contribution in [3.8, 4) is 0 Å². The summed E-state index contributed by atoms with van der Waals surface area (Å²) in [6.45, 7) is 6.14. The van der Waals surface area contributed by atoms with Gasteiger partial charge in [-0.15, -0.1) is 0 Å². The molecule has 2 aliphatic rings. The van der Waals surface area contributed by atoms with Crippen LogP contribution in [0.1, 0.15) is 45.3 Å². The molecule has 0 radical (unpaired) electrons. The second kappa shape index (κ2) is 7.80. The smallest absolute Gasteiger partial charge is 0.291 e. The molecule has 0 aliphatic carbocycles. The van der Waals surface area contributed by atoms with E-state index in [0.29, 0.717) is 39.4 Å². The first-order valence-electron chi connectivity index (χ1n) is 11.9. The van der Waals surface area contributed by atoms with Gasteiger partial charge in [0, 0.05) is 23.7 Å². The van der Waals surface area contributed by atoms with Crippen LogP contribution >= 0.6 is 11.6 Å². The third kappa shape index (κ3) is 2.76. The number of aryl methyl sites for hydroxylation is 2. The SMILES string of the molecule is CCN1C(=O)C2(c3ccccc31)c1c(oc3cc(C)c(C)cc3c1=O)C(=O)N2Cc1ccccc1Cl. The lowest BCUT2D eigenvalue weighted by Gasteiger charge is -2.34. The van der Waals surface area contributed by atoms with E-state index < -0.39 is 11.4 Å². The quantitative estimate of drug-likeness (QED) is 0.383. The Kier molecular flexibility index (Phi) is 4.89. The number of rotatable bonds is 3. The first-order chi connectivity index (χ1) is 17.3. The Bertz CT molecular complexity index is 1670. The Hall–Kier alpha value is -3.90. The van der Waals surface area contributed by atoms with Gasteiger partial charge < -0.3 is 14.2 Å². The van der Waals surface area contributed by atoms with Gasteiger partial charge in [0.05, 0.1) is 16.6 Å². The van der Waals surface area contributed by atoms with E-state index in [2.05, 4.69) is 0 Å². The molecule has 6 nitrogen and oxygen atoms in total. The highest BCUT2D eigenvalue weighted by Gasteiger charge is 2.64. The summed E-state index contributed by atoms with van der Waals surface area (Å²) in [6, 6.07) is 18.1. The van der Waals surface area contributed by atoms with Crippen LogP contribution in [0.3, 0.4) is 0 Å². The monoisotopic (exact) mass is 498 g/mol. The zero-order chi connectivity index (χ0) is 25.4. The third-order valence-electron chi connectivity index (χ3n) is 7.45. The molecule has 1 spiro atoms. The largest absolute Gasteiger partial charge is 0.450 e. The highest BCUT2D eigenvalue weighted by atomic mass is 35.5. The van der Waals surface area contributed by atoms with Gasteiger partial charge in [-0.3, -0.25) is 14.4 Å². The van der Waals surface area contributed by atoms with E-state index in [9.17, 15) is 14.4 Å². The van der Waals surface area contributed by atoms with Crippen molar-refractivity contribution in [3.63, 3.8) is 0 Å². The second-order valence-electron chi connectivity index (χ2n) is 9.33. The molecule has 2 amide bonds. The zero-order valence-corrected chi connectivity index (χ0v) is 20.8. The van der Waals surface area contributed by atoms with Crippen molar-refractivity contribution in [2.45, 2.75) is 32.9 Å². The number of carbonyl (C=O) groups excluding carboxylic acids is 2. The molecular weight excluding hydrogens is 476 g/mol. The first-order valence-corrected chi connectivity index (χ1v) is 12.2. The summed E-state index contributed by atoms with van der Waals surface area (Å²) in [4.78, 5) is 45.6. The zero-order valence-electron chi connectivity index (χ0n) is 20.1. The highest BCUT2D eigenvalue weighted by molar-refractivity contribution is 6.31. The number of halogens is 1. The van der Waals surface area contributed by atoms with Crippen molar-refractivity contribution < 1.29 is 14.0 Å². The molecule has 1 atom stereocenters. The van der Waals surface area contributed by atoms with Gasteiger partial charge in [-0.1, -0.05) is 48.0 Å². The summed E-state index contributed by atoms with van der Waals surface area (Å²) < 4.78 is 6.16.